The maximum atomic E-state index is 3.71. The molecule has 0 radical (unpaired) electrons. The standard InChI is InChI=1S/C19H29NS/c1-4-7-10-15(5-2)13-17(20-6-3)19-14-16-11-8-9-12-18(16)21-19/h8-9,11-12,14-15,17,20H,4-7,10,13H2,1-3H3. The van der Waals surface area contributed by atoms with E-state index >= 15 is 0 Å². The number of thiophene rings is 1. The van der Waals surface area contributed by atoms with Crippen LogP contribution in [-0.4, -0.2) is 6.54 Å². The Labute approximate surface area is 133 Å². The summed E-state index contributed by atoms with van der Waals surface area (Å²) < 4.78 is 1.41. The van der Waals surface area contributed by atoms with Gasteiger partial charge >= 0.3 is 0 Å². The van der Waals surface area contributed by atoms with Crippen molar-refractivity contribution < 1.29 is 0 Å². The van der Waals surface area contributed by atoms with Crippen molar-refractivity contribution in [1.29, 1.82) is 0 Å². The number of nitrogens with one attached hydrogen (secondary N) is 1. The molecule has 0 amide bonds. The number of benzene rings is 1. The highest BCUT2D eigenvalue weighted by Gasteiger charge is 2.18. The van der Waals surface area contributed by atoms with Gasteiger partial charge in [-0.05, 0) is 36.4 Å². The van der Waals surface area contributed by atoms with Gasteiger partial charge in [0, 0.05) is 15.6 Å². The molecule has 2 aromatic rings. The van der Waals surface area contributed by atoms with Crippen molar-refractivity contribution >= 4 is 21.4 Å². The van der Waals surface area contributed by atoms with Crippen LogP contribution in [0.15, 0.2) is 30.3 Å². The topological polar surface area (TPSA) is 12.0 Å². The molecule has 0 bridgehead atoms. The van der Waals surface area contributed by atoms with Gasteiger partial charge in [-0.2, -0.15) is 0 Å². The van der Waals surface area contributed by atoms with E-state index in [1.807, 2.05) is 11.3 Å². The van der Waals surface area contributed by atoms with Crippen LogP contribution in [0.1, 0.15) is 63.8 Å². The molecule has 0 saturated heterocycles. The van der Waals surface area contributed by atoms with Gasteiger partial charge in [0.2, 0.25) is 0 Å². The minimum absolute atomic E-state index is 0.522. The predicted molar refractivity (Wildman–Crippen MR) is 96.2 cm³/mol. The van der Waals surface area contributed by atoms with E-state index in [0.29, 0.717) is 6.04 Å². The minimum atomic E-state index is 0.522. The Hall–Kier alpha value is -0.860. The molecule has 0 saturated carbocycles. The molecule has 1 nitrogen and oxygen atoms in total. The second-order valence-corrected chi connectivity index (χ2v) is 7.06. The lowest BCUT2D eigenvalue weighted by atomic mass is 9.91. The maximum Gasteiger partial charge on any atom is 0.0417 e. The molecule has 0 spiro atoms. The predicted octanol–water partition coefficient (Wildman–Crippen LogP) is 6.16. The van der Waals surface area contributed by atoms with Crippen molar-refractivity contribution in [2.45, 2.75) is 58.9 Å². The SMILES string of the molecule is CCCCC(CC)CC(NCC)c1cc2ccccc2s1. The van der Waals surface area contributed by atoms with Crippen molar-refractivity contribution in [3.63, 3.8) is 0 Å². The molecular formula is C19H29NS. The molecule has 0 fully saturated rings. The molecular weight excluding hydrogens is 274 g/mol. The number of unbranched alkanes of at least 4 members (excludes halogenated alkanes) is 1. The highest BCUT2D eigenvalue weighted by Crippen LogP contribution is 2.34. The molecule has 0 aliphatic rings. The van der Waals surface area contributed by atoms with Gasteiger partial charge < -0.3 is 5.32 Å². The highest BCUT2D eigenvalue weighted by molar-refractivity contribution is 7.19. The van der Waals surface area contributed by atoms with Crippen LogP contribution in [0.25, 0.3) is 10.1 Å². The first-order valence-electron chi connectivity index (χ1n) is 8.50. The fourth-order valence-corrected chi connectivity index (χ4v) is 4.19. The van der Waals surface area contributed by atoms with Crippen molar-refractivity contribution in [2.24, 2.45) is 5.92 Å². The van der Waals surface area contributed by atoms with E-state index in [0.717, 1.165) is 12.5 Å². The second kappa shape index (κ2) is 8.55. The summed E-state index contributed by atoms with van der Waals surface area (Å²) in [4.78, 5) is 1.51. The third-order valence-corrected chi connectivity index (χ3v) is 5.58. The van der Waals surface area contributed by atoms with Gasteiger partial charge in [-0.25, -0.2) is 0 Å². The highest BCUT2D eigenvalue weighted by atomic mass is 32.1. The molecule has 1 aromatic carbocycles. The quantitative estimate of drug-likeness (QED) is 0.585. The van der Waals surface area contributed by atoms with Crippen molar-refractivity contribution in [3.8, 4) is 0 Å². The van der Waals surface area contributed by atoms with Crippen LogP contribution in [0.2, 0.25) is 0 Å². The molecule has 0 aliphatic carbocycles. The zero-order valence-electron chi connectivity index (χ0n) is 13.7. The van der Waals surface area contributed by atoms with Crippen molar-refractivity contribution in [2.75, 3.05) is 6.54 Å². The molecule has 116 valence electrons. The maximum absolute atomic E-state index is 3.71. The third-order valence-electron chi connectivity index (χ3n) is 4.35. The van der Waals surface area contributed by atoms with E-state index in [2.05, 4.69) is 56.4 Å². The molecule has 1 N–H and O–H groups in total. The molecule has 1 aromatic heterocycles. The fraction of sp³-hybridized carbons (Fsp3) is 0.579. The lowest BCUT2D eigenvalue weighted by Gasteiger charge is -2.22. The summed E-state index contributed by atoms with van der Waals surface area (Å²) in [5.74, 6) is 0.846. The summed E-state index contributed by atoms with van der Waals surface area (Å²) in [7, 11) is 0. The van der Waals surface area contributed by atoms with Gasteiger partial charge in [-0.15, -0.1) is 11.3 Å². The van der Waals surface area contributed by atoms with E-state index in [1.165, 1.54) is 47.1 Å². The van der Waals surface area contributed by atoms with Crippen LogP contribution >= 0.6 is 11.3 Å². The average Bonchev–Trinajstić information content (AvgIpc) is 2.94. The van der Waals surface area contributed by atoms with Gasteiger partial charge in [0.25, 0.3) is 0 Å². The van der Waals surface area contributed by atoms with Gasteiger partial charge in [-0.1, -0.05) is 64.7 Å². The molecule has 21 heavy (non-hydrogen) atoms. The molecule has 1 heterocycles. The fourth-order valence-electron chi connectivity index (χ4n) is 3.04. The lowest BCUT2D eigenvalue weighted by molar-refractivity contribution is 0.360. The van der Waals surface area contributed by atoms with Crippen LogP contribution in [0.3, 0.4) is 0 Å². The second-order valence-electron chi connectivity index (χ2n) is 5.95. The van der Waals surface area contributed by atoms with Crippen molar-refractivity contribution in [3.05, 3.63) is 35.2 Å². The van der Waals surface area contributed by atoms with E-state index in [1.54, 1.807) is 0 Å². The van der Waals surface area contributed by atoms with Crippen LogP contribution < -0.4 is 5.32 Å². The summed E-state index contributed by atoms with van der Waals surface area (Å²) >= 11 is 1.96. The van der Waals surface area contributed by atoms with Gasteiger partial charge in [-0.3, -0.25) is 0 Å². The Kier molecular flexibility index (Phi) is 6.72. The van der Waals surface area contributed by atoms with E-state index < -0.39 is 0 Å². The Morgan fingerprint density at radius 1 is 1.14 bits per heavy atom. The van der Waals surface area contributed by atoms with Crippen molar-refractivity contribution in [1.82, 2.24) is 5.32 Å². The Morgan fingerprint density at radius 3 is 2.62 bits per heavy atom. The summed E-state index contributed by atoms with van der Waals surface area (Å²) in [5.41, 5.74) is 0. The first kappa shape index (κ1) is 16.5. The summed E-state index contributed by atoms with van der Waals surface area (Å²) in [6.07, 6.45) is 6.62. The summed E-state index contributed by atoms with van der Waals surface area (Å²) in [5, 5.41) is 5.10. The van der Waals surface area contributed by atoms with Crippen LogP contribution in [0, 0.1) is 5.92 Å². The number of hydrogen-bond acceptors (Lipinski definition) is 2. The van der Waals surface area contributed by atoms with Gasteiger partial charge in [0.15, 0.2) is 0 Å². The summed E-state index contributed by atoms with van der Waals surface area (Å²) in [6, 6.07) is 11.7. The van der Waals surface area contributed by atoms with Crippen LogP contribution in [-0.2, 0) is 0 Å². The largest absolute Gasteiger partial charge is 0.310 e. The van der Waals surface area contributed by atoms with E-state index in [9.17, 15) is 0 Å². The van der Waals surface area contributed by atoms with E-state index in [-0.39, 0.29) is 0 Å². The number of rotatable bonds is 9. The average molecular weight is 304 g/mol. The molecule has 2 rings (SSSR count). The smallest absolute Gasteiger partial charge is 0.0417 e. The van der Waals surface area contributed by atoms with Gasteiger partial charge in [0.05, 0.1) is 0 Å². The lowest BCUT2D eigenvalue weighted by Crippen LogP contribution is -2.22. The molecule has 2 atom stereocenters. The monoisotopic (exact) mass is 303 g/mol. The Bertz CT molecular complexity index is 498. The number of hydrogen-bond donors (Lipinski definition) is 1. The zero-order valence-corrected chi connectivity index (χ0v) is 14.5. The normalized spacial score (nSPS) is 14.4. The third kappa shape index (κ3) is 4.55. The minimum Gasteiger partial charge on any atom is -0.310 e. The number of fused-ring (bicyclic) bond motifs is 1. The Balaban J connectivity index is 2.13. The van der Waals surface area contributed by atoms with Crippen LogP contribution in [0.4, 0.5) is 0 Å². The first-order chi connectivity index (χ1) is 10.3. The summed E-state index contributed by atoms with van der Waals surface area (Å²) in [6.45, 7) is 7.89. The van der Waals surface area contributed by atoms with E-state index in [4.69, 9.17) is 0 Å². The molecule has 2 heteroatoms. The zero-order chi connectivity index (χ0) is 15.1. The van der Waals surface area contributed by atoms with Gasteiger partial charge in [0.1, 0.15) is 0 Å². The van der Waals surface area contributed by atoms with Crippen LogP contribution in [0.5, 0.6) is 0 Å². The molecule has 0 aliphatic heterocycles. The first-order valence-corrected chi connectivity index (χ1v) is 9.31. The Morgan fingerprint density at radius 2 is 1.95 bits per heavy atom. The molecule has 2 unspecified atom stereocenters.